The molecule has 0 aromatic heterocycles. The van der Waals surface area contributed by atoms with E-state index in [1.54, 1.807) is 12.1 Å². The van der Waals surface area contributed by atoms with E-state index in [9.17, 15) is 5.11 Å². The standard InChI is InChI=1S/C11H14ClNO/c12-8-2-1-3-9(14)10(8)11(4-5-11)6-7-13/h1-3,14H,4-7,13H2. The second kappa shape index (κ2) is 3.44. The Bertz CT molecular complexity index is 327. The van der Waals surface area contributed by atoms with Crippen molar-refractivity contribution in [2.24, 2.45) is 5.73 Å². The SMILES string of the molecule is NCCC1(c2c(O)cccc2Cl)CC1. The van der Waals surface area contributed by atoms with Crippen molar-refractivity contribution in [3.05, 3.63) is 28.8 Å². The molecule has 3 N–H and O–H groups in total. The molecule has 1 aromatic carbocycles. The fourth-order valence-electron chi connectivity index (χ4n) is 2.09. The van der Waals surface area contributed by atoms with E-state index in [0.717, 1.165) is 24.8 Å². The lowest BCUT2D eigenvalue weighted by Gasteiger charge is -2.17. The molecule has 1 aromatic rings. The van der Waals surface area contributed by atoms with Crippen LogP contribution in [0.1, 0.15) is 24.8 Å². The van der Waals surface area contributed by atoms with Crippen molar-refractivity contribution < 1.29 is 5.11 Å². The van der Waals surface area contributed by atoms with Gasteiger partial charge in [-0.05, 0) is 37.9 Å². The van der Waals surface area contributed by atoms with E-state index in [1.807, 2.05) is 6.07 Å². The fourth-order valence-corrected chi connectivity index (χ4v) is 2.46. The molecule has 0 atom stereocenters. The zero-order valence-corrected chi connectivity index (χ0v) is 8.72. The smallest absolute Gasteiger partial charge is 0.120 e. The molecule has 76 valence electrons. The molecule has 3 heteroatoms. The molecular weight excluding hydrogens is 198 g/mol. The van der Waals surface area contributed by atoms with Crippen molar-refractivity contribution in [2.75, 3.05) is 6.54 Å². The third kappa shape index (κ3) is 1.49. The van der Waals surface area contributed by atoms with Crippen LogP contribution in [0.3, 0.4) is 0 Å². The summed E-state index contributed by atoms with van der Waals surface area (Å²) in [4.78, 5) is 0. The van der Waals surface area contributed by atoms with Gasteiger partial charge in [0.15, 0.2) is 0 Å². The highest BCUT2D eigenvalue weighted by Gasteiger charge is 2.46. The minimum Gasteiger partial charge on any atom is -0.508 e. The summed E-state index contributed by atoms with van der Waals surface area (Å²) in [6, 6.07) is 5.28. The summed E-state index contributed by atoms with van der Waals surface area (Å²) < 4.78 is 0. The molecule has 1 fully saturated rings. The van der Waals surface area contributed by atoms with Crippen LogP contribution in [0.15, 0.2) is 18.2 Å². The maximum absolute atomic E-state index is 9.77. The molecule has 1 aliphatic rings. The van der Waals surface area contributed by atoms with E-state index >= 15 is 0 Å². The predicted molar refractivity (Wildman–Crippen MR) is 57.7 cm³/mol. The van der Waals surface area contributed by atoms with Gasteiger partial charge in [0.2, 0.25) is 0 Å². The first-order valence-corrected chi connectivity index (χ1v) is 5.25. The van der Waals surface area contributed by atoms with Gasteiger partial charge in [0.05, 0.1) is 0 Å². The van der Waals surface area contributed by atoms with Gasteiger partial charge in [-0.3, -0.25) is 0 Å². The molecule has 0 spiro atoms. The number of aromatic hydroxyl groups is 1. The van der Waals surface area contributed by atoms with Crippen LogP contribution in [-0.2, 0) is 5.41 Å². The molecule has 2 rings (SSSR count). The van der Waals surface area contributed by atoms with Crippen molar-refractivity contribution in [3.63, 3.8) is 0 Å². The Morgan fingerprint density at radius 1 is 1.43 bits per heavy atom. The summed E-state index contributed by atoms with van der Waals surface area (Å²) in [5, 5.41) is 10.4. The van der Waals surface area contributed by atoms with Crippen LogP contribution in [0.4, 0.5) is 0 Å². The van der Waals surface area contributed by atoms with Crippen LogP contribution in [0.5, 0.6) is 5.75 Å². The summed E-state index contributed by atoms with van der Waals surface area (Å²) in [5.74, 6) is 0.309. The maximum atomic E-state index is 9.77. The Morgan fingerprint density at radius 2 is 2.14 bits per heavy atom. The Hall–Kier alpha value is -0.730. The highest BCUT2D eigenvalue weighted by atomic mass is 35.5. The van der Waals surface area contributed by atoms with E-state index in [-0.39, 0.29) is 5.41 Å². The molecule has 0 aliphatic heterocycles. The van der Waals surface area contributed by atoms with Gasteiger partial charge in [-0.1, -0.05) is 17.7 Å². The van der Waals surface area contributed by atoms with Crippen molar-refractivity contribution >= 4 is 11.6 Å². The van der Waals surface area contributed by atoms with Crippen LogP contribution in [-0.4, -0.2) is 11.7 Å². The number of benzene rings is 1. The number of hydrogen-bond acceptors (Lipinski definition) is 2. The number of nitrogens with two attached hydrogens (primary N) is 1. The summed E-state index contributed by atoms with van der Waals surface area (Å²) in [7, 11) is 0. The molecule has 0 bridgehead atoms. The monoisotopic (exact) mass is 211 g/mol. The van der Waals surface area contributed by atoms with Gasteiger partial charge < -0.3 is 10.8 Å². The minimum atomic E-state index is 0.0666. The lowest BCUT2D eigenvalue weighted by atomic mass is 9.91. The van der Waals surface area contributed by atoms with E-state index in [2.05, 4.69) is 0 Å². The molecule has 14 heavy (non-hydrogen) atoms. The van der Waals surface area contributed by atoms with Gasteiger partial charge in [-0.25, -0.2) is 0 Å². The lowest BCUT2D eigenvalue weighted by molar-refractivity contribution is 0.455. The van der Waals surface area contributed by atoms with Gasteiger partial charge in [0.1, 0.15) is 5.75 Å². The van der Waals surface area contributed by atoms with Gasteiger partial charge in [0.25, 0.3) is 0 Å². The molecule has 0 radical (unpaired) electrons. The average molecular weight is 212 g/mol. The molecule has 0 heterocycles. The Labute approximate surface area is 88.7 Å². The number of phenolic OH excluding ortho intramolecular Hbond substituents is 1. The maximum Gasteiger partial charge on any atom is 0.120 e. The van der Waals surface area contributed by atoms with Crippen LogP contribution in [0.25, 0.3) is 0 Å². The summed E-state index contributed by atoms with van der Waals surface area (Å²) in [6.45, 7) is 0.644. The highest BCUT2D eigenvalue weighted by Crippen LogP contribution is 2.55. The van der Waals surface area contributed by atoms with Crippen molar-refractivity contribution in [3.8, 4) is 5.75 Å². The van der Waals surface area contributed by atoms with Crippen LogP contribution >= 0.6 is 11.6 Å². The van der Waals surface area contributed by atoms with Crippen LogP contribution in [0, 0.1) is 0 Å². The van der Waals surface area contributed by atoms with Crippen molar-refractivity contribution in [1.29, 1.82) is 0 Å². The second-order valence-corrected chi connectivity index (χ2v) is 4.36. The zero-order valence-electron chi connectivity index (χ0n) is 7.96. The first-order valence-electron chi connectivity index (χ1n) is 4.88. The summed E-state index contributed by atoms with van der Waals surface area (Å²) in [6.07, 6.45) is 3.08. The third-order valence-corrected chi connectivity index (χ3v) is 3.31. The lowest BCUT2D eigenvalue weighted by Crippen LogP contribution is -2.14. The molecule has 2 nitrogen and oxygen atoms in total. The first kappa shape index (κ1) is 9.81. The van der Waals surface area contributed by atoms with Gasteiger partial charge in [-0.15, -0.1) is 0 Å². The normalized spacial score (nSPS) is 18.1. The number of rotatable bonds is 3. The predicted octanol–water partition coefficient (Wildman–Crippen LogP) is 2.43. The Morgan fingerprint density at radius 3 is 2.64 bits per heavy atom. The Balaban J connectivity index is 2.40. The van der Waals surface area contributed by atoms with E-state index < -0.39 is 0 Å². The van der Waals surface area contributed by atoms with Crippen LogP contribution < -0.4 is 5.73 Å². The van der Waals surface area contributed by atoms with E-state index in [1.165, 1.54) is 0 Å². The molecule has 0 unspecified atom stereocenters. The molecule has 1 aliphatic carbocycles. The quantitative estimate of drug-likeness (QED) is 0.807. The van der Waals surface area contributed by atoms with Crippen molar-refractivity contribution in [2.45, 2.75) is 24.7 Å². The second-order valence-electron chi connectivity index (χ2n) is 3.95. The summed E-state index contributed by atoms with van der Waals surface area (Å²) >= 11 is 6.09. The summed E-state index contributed by atoms with van der Waals surface area (Å²) in [5.41, 5.74) is 6.53. The average Bonchev–Trinajstić information content (AvgIpc) is 2.86. The highest BCUT2D eigenvalue weighted by molar-refractivity contribution is 6.31. The minimum absolute atomic E-state index is 0.0666. The van der Waals surface area contributed by atoms with Crippen LogP contribution in [0.2, 0.25) is 5.02 Å². The Kier molecular flexibility index (Phi) is 2.41. The topological polar surface area (TPSA) is 46.2 Å². The third-order valence-electron chi connectivity index (χ3n) is 3.00. The van der Waals surface area contributed by atoms with Gasteiger partial charge >= 0.3 is 0 Å². The fraction of sp³-hybridized carbons (Fsp3) is 0.455. The van der Waals surface area contributed by atoms with E-state index in [4.69, 9.17) is 17.3 Å². The zero-order chi connectivity index (χ0) is 10.2. The van der Waals surface area contributed by atoms with Crippen molar-refractivity contribution in [1.82, 2.24) is 0 Å². The molecule has 0 amide bonds. The molecule has 1 saturated carbocycles. The first-order chi connectivity index (χ1) is 6.69. The molecule has 0 saturated heterocycles. The largest absolute Gasteiger partial charge is 0.508 e. The number of halogens is 1. The molecular formula is C11H14ClNO. The van der Waals surface area contributed by atoms with Gasteiger partial charge in [0, 0.05) is 16.0 Å². The number of phenols is 1. The van der Waals surface area contributed by atoms with Gasteiger partial charge in [-0.2, -0.15) is 0 Å². The number of hydrogen-bond donors (Lipinski definition) is 2. The van der Waals surface area contributed by atoms with E-state index in [0.29, 0.717) is 17.3 Å².